The fourth-order valence-electron chi connectivity index (χ4n) is 2.09. The first kappa shape index (κ1) is 12.9. The van der Waals surface area contributed by atoms with Gasteiger partial charge in [-0.05, 0) is 24.8 Å². The maximum absolute atomic E-state index is 11.5. The lowest BCUT2D eigenvalue weighted by atomic mass is 9.95. The third-order valence-corrected chi connectivity index (χ3v) is 3.11. The molecule has 2 rings (SSSR count). The summed E-state index contributed by atoms with van der Waals surface area (Å²) < 4.78 is 10.1. The number of ether oxygens (including phenoxy) is 2. The standard InChI is InChI=1S/C14H18O4/c15-12-8-4-5-9-13(12)18-14(16)17-10-11-6-2-1-3-7-11/h1-3,6-7,12-13,15H,4-5,8-10H2/t12-,13-/m0/s1. The number of rotatable bonds is 3. The van der Waals surface area contributed by atoms with Crippen LogP contribution in [0.3, 0.4) is 0 Å². The number of aliphatic hydroxyl groups is 1. The molecule has 0 heterocycles. The van der Waals surface area contributed by atoms with E-state index in [0.717, 1.165) is 18.4 Å². The Hall–Kier alpha value is -1.55. The molecule has 0 bridgehead atoms. The number of carbonyl (C=O) groups is 1. The van der Waals surface area contributed by atoms with Crippen LogP contribution in [-0.4, -0.2) is 23.5 Å². The van der Waals surface area contributed by atoms with E-state index in [1.807, 2.05) is 30.3 Å². The first-order valence-corrected chi connectivity index (χ1v) is 6.31. The molecule has 4 heteroatoms. The van der Waals surface area contributed by atoms with Gasteiger partial charge < -0.3 is 14.6 Å². The van der Waals surface area contributed by atoms with Gasteiger partial charge in [0.1, 0.15) is 12.7 Å². The number of carbonyl (C=O) groups excluding carboxylic acids is 1. The highest BCUT2D eigenvalue weighted by atomic mass is 16.7. The molecule has 2 atom stereocenters. The Morgan fingerprint density at radius 2 is 1.94 bits per heavy atom. The van der Waals surface area contributed by atoms with Gasteiger partial charge in [0.25, 0.3) is 0 Å². The highest BCUT2D eigenvalue weighted by molar-refractivity contribution is 5.60. The van der Waals surface area contributed by atoms with Crippen molar-refractivity contribution in [2.24, 2.45) is 0 Å². The van der Waals surface area contributed by atoms with Gasteiger partial charge in [-0.3, -0.25) is 0 Å². The molecule has 1 saturated carbocycles. The van der Waals surface area contributed by atoms with Gasteiger partial charge in [0.15, 0.2) is 0 Å². The van der Waals surface area contributed by atoms with E-state index in [1.54, 1.807) is 0 Å². The van der Waals surface area contributed by atoms with Crippen molar-refractivity contribution in [1.82, 2.24) is 0 Å². The van der Waals surface area contributed by atoms with Crippen LogP contribution in [0, 0.1) is 0 Å². The van der Waals surface area contributed by atoms with Gasteiger partial charge in [-0.1, -0.05) is 36.8 Å². The second-order valence-electron chi connectivity index (χ2n) is 4.53. The second kappa shape index (κ2) is 6.40. The van der Waals surface area contributed by atoms with Crippen LogP contribution in [0.2, 0.25) is 0 Å². The molecule has 1 aliphatic carbocycles. The fourth-order valence-corrected chi connectivity index (χ4v) is 2.09. The molecule has 18 heavy (non-hydrogen) atoms. The Morgan fingerprint density at radius 3 is 2.67 bits per heavy atom. The van der Waals surface area contributed by atoms with Crippen molar-refractivity contribution in [3.63, 3.8) is 0 Å². The van der Waals surface area contributed by atoms with E-state index in [4.69, 9.17) is 9.47 Å². The van der Waals surface area contributed by atoms with Crippen molar-refractivity contribution in [1.29, 1.82) is 0 Å². The molecule has 1 aromatic rings. The summed E-state index contributed by atoms with van der Waals surface area (Å²) in [7, 11) is 0. The molecule has 0 unspecified atom stereocenters. The van der Waals surface area contributed by atoms with Crippen molar-refractivity contribution in [2.45, 2.75) is 44.5 Å². The summed E-state index contributed by atoms with van der Waals surface area (Å²) in [6.45, 7) is 0.197. The molecular formula is C14H18O4. The molecule has 1 aliphatic rings. The maximum atomic E-state index is 11.5. The van der Waals surface area contributed by atoms with Crippen LogP contribution < -0.4 is 0 Å². The molecule has 1 N–H and O–H groups in total. The molecule has 1 aromatic carbocycles. The average molecular weight is 250 g/mol. The average Bonchev–Trinajstić information content (AvgIpc) is 2.40. The van der Waals surface area contributed by atoms with E-state index in [-0.39, 0.29) is 6.61 Å². The zero-order valence-electron chi connectivity index (χ0n) is 10.2. The van der Waals surface area contributed by atoms with Gasteiger partial charge in [-0.2, -0.15) is 0 Å². The smallest absolute Gasteiger partial charge is 0.429 e. The van der Waals surface area contributed by atoms with Gasteiger partial charge >= 0.3 is 6.16 Å². The summed E-state index contributed by atoms with van der Waals surface area (Å²) in [5.74, 6) is 0. The van der Waals surface area contributed by atoms with Gasteiger partial charge in [-0.15, -0.1) is 0 Å². The van der Waals surface area contributed by atoms with E-state index >= 15 is 0 Å². The van der Waals surface area contributed by atoms with Crippen molar-refractivity contribution >= 4 is 6.16 Å². The summed E-state index contributed by atoms with van der Waals surface area (Å²) in [6, 6.07) is 9.43. The maximum Gasteiger partial charge on any atom is 0.508 e. The lowest BCUT2D eigenvalue weighted by Crippen LogP contribution is -2.34. The highest BCUT2D eigenvalue weighted by Crippen LogP contribution is 2.21. The van der Waals surface area contributed by atoms with Crippen LogP contribution in [0.5, 0.6) is 0 Å². The number of hydrogen-bond donors (Lipinski definition) is 1. The molecule has 98 valence electrons. The number of benzene rings is 1. The first-order chi connectivity index (χ1) is 8.75. The van der Waals surface area contributed by atoms with Gasteiger partial charge in [0.2, 0.25) is 0 Å². The van der Waals surface area contributed by atoms with E-state index in [9.17, 15) is 9.90 Å². The minimum Gasteiger partial charge on any atom is -0.429 e. The topological polar surface area (TPSA) is 55.8 Å². The predicted molar refractivity (Wildman–Crippen MR) is 66.0 cm³/mol. The zero-order chi connectivity index (χ0) is 12.8. The molecular weight excluding hydrogens is 232 g/mol. The lowest BCUT2D eigenvalue weighted by Gasteiger charge is -2.26. The monoisotopic (exact) mass is 250 g/mol. The van der Waals surface area contributed by atoms with Crippen molar-refractivity contribution in [3.05, 3.63) is 35.9 Å². The number of hydrogen-bond acceptors (Lipinski definition) is 4. The minimum atomic E-state index is -0.704. The minimum absolute atomic E-state index is 0.197. The van der Waals surface area contributed by atoms with Crippen LogP contribution in [0.4, 0.5) is 4.79 Å². The highest BCUT2D eigenvalue weighted by Gasteiger charge is 2.26. The van der Waals surface area contributed by atoms with Crippen molar-refractivity contribution < 1.29 is 19.4 Å². The summed E-state index contributed by atoms with van der Waals surface area (Å²) in [5.41, 5.74) is 0.915. The van der Waals surface area contributed by atoms with Crippen LogP contribution in [0.25, 0.3) is 0 Å². The first-order valence-electron chi connectivity index (χ1n) is 6.31. The quantitative estimate of drug-likeness (QED) is 0.838. The lowest BCUT2D eigenvalue weighted by molar-refractivity contribution is -0.0510. The predicted octanol–water partition coefficient (Wildman–Crippen LogP) is 2.64. The Kier molecular flexibility index (Phi) is 4.59. The molecule has 0 amide bonds. The SMILES string of the molecule is O=C(OCc1ccccc1)O[C@H]1CCCC[C@@H]1O. The van der Waals surface area contributed by atoms with Crippen LogP contribution in [0.15, 0.2) is 30.3 Å². The molecule has 0 aromatic heterocycles. The second-order valence-corrected chi connectivity index (χ2v) is 4.53. The van der Waals surface area contributed by atoms with E-state index in [0.29, 0.717) is 12.8 Å². The molecule has 0 saturated heterocycles. The van der Waals surface area contributed by atoms with E-state index < -0.39 is 18.4 Å². The van der Waals surface area contributed by atoms with Crippen molar-refractivity contribution in [3.8, 4) is 0 Å². The van der Waals surface area contributed by atoms with Crippen LogP contribution >= 0.6 is 0 Å². The summed E-state index contributed by atoms with van der Waals surface area (Å²) in [4.78, 5) is 11.5. The van der Waals surface area contributed by atoms with Gasteiger partial charge in [0, 0.05) is 0 Å². The molecule has 1 fully saturated rings. The Balaban J connectivity index is 1.75. The number of aliphatic hydroxyl groups excluding tert-OH is 1. The van der Waals surface area contributed by atoms with Crippen LogP contribution in [-0.2, 0) is 16.1 Å². The third-order valence-electron chi connectivity index (χ3n) is 3.11. The Morgan fingerprint density at radius 1 is 1.22 bits per heavy atom. The van der Waals surface area contributed by atoms with Crippen LogP contribution in [0.1, 0.15) is 31.2 Å². The molecule has 0 radical (unpaired) electrons. The largest absolute Gasteiger partial charge is 0.508 e. The van der Waals surface area contributed by atoms with E-state index in [1.165, 1.54) is 0 Å². The summed E-state index contributed by atoms with van der Waals surface area (Å²) >= 11 is 0. The van der Waals surface area contributed by atoms with Crippen molar-refractivity contribution in [2.75, 3.05) is 0 Å². The Labute approximate surface area is 107 Å². The molecule has 0 aliphatic heterocycles. The third kappa shape index (κ3) is 3.74. The van der Waals surface area contributed by atoms with Gasteiger partial charge in [0.05, 0.1) is 6.10 Å². The van der Waals surface area contributed by atoms with Gasteiger partial charge in [-0.25, -0.2) is 4.79 Å². The van der Waals surface area contributed by atoms with E-state index in [2.05, 4.69) is 0 Å². The zero-order valence-corrected chi connectivity index (χ0v) is 10.2. The normalized spacial score (nSPS) is 23.4. The fraction of sp³-hybridized carbons (Fsp3) is 0.500. The Bertz CT molecular complexity index is 377. The summed E-state index contributed by atoms with van der Waals surface area (Å²) in [6.07, 6.45) is 1.70. The molecule has 4 nitrogen and oxygen atoms in total. The molecule has 0 spiro atoms. The summed E-state index contributed by atoms with van der Waals surface area (Å²) in [5, 5.41) is 9.67.